The largest absolute Gasteiger partial charge is 0.341 e. The lowest BCUT2D eigenvalue weighted by Gasteiger charge is -2.29. The minimum absolute atomic E-state index is 0.222. The monoisotopic (exact) mass is 346 g/mol. The van der Waals surface area contributed by atoms with E-state index in [2.05, 4.69) is 36.3 Å². The maximum atomic E-state index is 12.3. The highest BCUT2D eigenvalue weighted by molar-refractivity contribution is 7.90. The molecule has 0 saturated carbocycles. The van der Waals surface area contributed by atoms with E-state index in [1.54, 1.807) is 24.3 Å². The summed E-state index contributed by atoms with van der Waals surface area (Å²) in [6.45, 7) is 4.74. The quantitative estimate of drug-likeness (QED) is 0.886. The van der Waals surface area contributed by atoms with Gasteiger partial charge in [-0.3, -0.25) is 4.90 Å². The van der Waals surface area contributed by atoms with Crippen LogP contribution in [-0.4, -0.2) is 47.0 Å². The smallest absolute Gasteiger partial charge is 0.286 e. The second-order valence-corrected chi connectivity index (χ2v) is 7.46. The molecule has 0 unspecified atom stereocenters. The molecule has 9 heteroatoms. The number of fused-ring (bicyclic) bond motifs is 2. The Morgan fingerprint density at radius 2 is 2.04 bits per heavy atom. The molecule has 0 spiro atoms. The summed E-state index contributed by atoms with van der Waals surface area (Å²) in [5.74, 6) is 2.35. The van der Waals surface area contributed by atoms with Gasteiger partial charge in [-0.1, -0.05) is 19.1 Å². The summed E-state index contributed by atoms with van der Waals surface area (Å²) < 4.78 is 30.6. The van der Waals surface area contributed by atoms with Gasteiger partial charge in [0.05, 0.1) is 18.8 Å². The van der Waals surface area contributed by atoms with E-state index in [9.17, 15) is 8.42 Å². The van der Waals surface area contributed by atoms with Gasteiger partial charge in [-0.25, -0.2) is 0 Å². The van der Waals surface area contributed by atoms with Gasteiger partial charge in [-0.15, -0.1) is 14.6 Å². The SMILES string of the molecule is CCc1nnc2n1CCN(CC1=NS(=O)(=O)c3ccccc3N1)C2. The third-order valence-corrected chi connectivity index (χ3v) is 5.65. The second kappa shape index (κ2) is 5.67. The Labute approximate surface area is 140 Å². The van der Waals surface area contributed by atoms with Crippen LogP contribution in [0.4, 0.5) is 5.69 Å². The first-order valence-corrected chi connectivity index (χ1v) is 9.34. The van der Waals surface area contributed by atoms with Gasteiger partial charge in [0, 0.05) is 19.5 Å². The Balaban J connectivity index is 1.54. The third-order valence-electron chi connectivity index (χ3n) is 4.27. The van der Waals surface area contributed by atoms with Crippen molar-refractivity contribution >= 4 is 21.5 Å². The molecule has 1 aromatic heterocycles. The first-order chi connectivity index (χ1) is 11.6. The number of nitrogens with one attached hydrogen (secondary N) is 1. The van der Waals surface area contributed by atoms with E-state index >= 15 is 0 Å². The van der Waals surface area contributed by atoms with Crippen LogP contribution in [-0.2, 0) is 29.5 Å². The average molecular weight is 346 g/mol. The fraction of sp³-hybridized carbons (Fsp3) is 0.400. The van der Waals surface area contributed by atoms with E-state index in [-0.39, 0.29) is 4.90 Å². The van der Waals surface area contributed by atoms with Gasteiger partial charge in [0.15, 0.2) is 0 Å². The lowest BCUT2D eigenvalue weighted by Crippen LogP contribution is -2.40. The van der Waals surface area contributed by atoms with E-state index < -0.39 is 10.0 Å². The minimum Gasteiger partial charge on any atom is -0.341 e. The van der Waals surface area contributed by atoms with Crippen molar-refractivity contribution in [3.63, 3.8) is 0 Å². The predicted molar refractivity (Wildman–Crippen MR) is 89.4 cm³/mol. The summed E-state index contributed by atoms with van der Waals surface area (Å²) in [5.41, 5.74) is 0.580. The van der Waals surface area contributed by atoms with Gasteiger partial charge in [-0.2, -0.15) is 8.42 Å². The van der Waals surface area contributed by atoms with E-state index in [0.717, 1.165) is 31.2 Å². The second-order valence-electron chi connectivity index (χ2n) is 5.88. The maximum absolute atomic E-state index is 12.3. The Morgan fingerprint density at radius 3 is 2.88 bits per heavy atom. The Kier molecular flexibility index (Phi) is 3.61. The van der Waals surface area contributed by atoms with Crippen LogP contribution >= 0.6 is 0 Å². The molecule has 0 radical (unpaired) electrons. The summed E-state index contributed by atoms with van der Waals surface area (Å²) in [6.07, 6.45) is 0.857. The van der Waals surface area contributed by atoms with Crippen LogP contribution in [0.1, 0.15) is 18.6 Å². The summed E-state index contributed by atoms with van der Waals surface area (Å²) >= 11 is 0. The minimum atomic E-state index is -3.64. The van der Waals surface area contributed by atoms with Gasteiger partial charge in [0.2, 0.25) is 0 Å². The van der Waals surface area contributed by atoms with Crippen molar-refractivity contribution in [3.8, 4) is 0 Å². The lowest BCUT2D eigenvalue weighted by atomic mass is 10.3. The average Bonchev–Trinajstić information content (AvgIpc) is 2.96. The maximum Gasteiger partial charge on any atom is 0.286 e. The topological polar surface area (TPSA) is 92.5 Å². The number of hydrogen-bond acceptors (Lipinski definition) is 6. The van der Waals surface area contributed by atoms with Crippen LogP contribution in [0.2, 0.25) is 0 Å². The number of nitrogens with zero attached hydrogens (tertiary/aromatic N) is 5. The van der Waals surface area contributed by atoms with Gasteiger partial charge in [0.1, 0.15) is 22.4 Å². The number of para-hydroxylation sites is 1. The zero-order valence-electron chi connectivity index (χ0n) is 13.3. The van der Waals surface area contributed by atoms with Gasteiger partial charge in [0.25, 0.3) is 10.0 Å². The number of amidine groups is 1. The number of anilines is 1. The number of sulfonamides is 1. The summed E-state index contributed by atoms with van der Waals surface area (Å²) in [4.78, 5) is 2.35. The van der Waals surface area contributed by atoms with Crippen LogP contribution in [0.3, 0.4) is 0 Å². The lowest BCUT2D eigenvalue weighted by molar-refractivity contribution is 0.244. The first kappa shape index (κ1) is 15.3. The number of aromatic nitrogens is 3. The van der Waals surface area contributed by atoms with Crippen LogP contribution in [0, 0.1) is 0 Å². The van der Waals surface area contributed by atoms with Crippen molar-refractivity contribution in [2.75, 3.05) is 18.4 Å². The molecule has 0 atom stereocenters. The van der Waals surface area contributed by atoms with Crippen molar-refractivity contribution in [3.05, 3.63) is 35.9 Å². The molecular formula is C15H18N6O2S. The highest BCUT2D eigenvalue weighted by Gasteiger charge is 2.27. The van der Waals surface area contributed by atoms with Crippen molar-refractivity contribution in [2.45, 2.75) is 31.3 Å². The van der Waals surface area contributed by atoms with E-state index in [4.69, 9.17) is 0 Å². The molecule has 126 valence electrons. The predicted octanol–water partition coefficient (Wildman–Crippen LogP) is 0.869. The van der Waals surface area contributed by atoms with Crippen molar-refractivity contribution < 1.29 is 8.42 Å². The fourth-order valence-electron chi connectivity index (χ4n) is 3.11. The van der Waals surface area contributed by atoms with Crippen molar-refractivity contribution in [1.29, 1.82) is 0 Å². The molecule has 0 amide bonds. The molecule has 2 aliphatic heterocycles. The van der Waals surface area contributed by atoms with Crippen molar-refractivity contribution in [1.82, 2.24) is 19.7 Å². The molecule has 0 bridgehead atoms. The molecule has 3 heterocycles. The highest BCUT2D eigenvalue weighted by Crippen LogP contribution is 2.27. The third kappa shape index (κ3) is 2.59. The van der Waals surface area contributed by atoms with Crippen molar-refractivity contribution in [2.24, 2.45) is 4.40 Å². The highest BCUT2D eigenvalue weighted by atomic mass is 32.2. The van der Waals surface area contributed by atoms with Gasteiger partial charge < -0.3 is 9.88 Å². The Morgan fingerprint density at radius 1 is 1.21 bits per heavy atom. The molecule has 1 aromatic carbocycles. The zero-order valence-corrected chi connectivity index (χ0v) is 14.1. The molecule has 4 rings (SSSR count). The van der Waals surface area contributed by atoms with Gasteiger partial charge in [-0.05, 0) is 12.1 Å². The van der Waals surface area contributed by atoms with E-state index in [1.165, 1.54) is 0 Å². The summed E-state index contributed by atoms with van der Waals surface area (Å²) in [7, 11) is -3.64. The molecule has 1 N–H and O–H groups in total. The van der Waals surface area contributed by atoms with Crippen LogP contribution in [0.5, 0.6) is 0 Å². The zero-order chi connectivity index (χ0) is 16.7. The van der Waals surface area contributed by atoms with Crippen LogP contribution in [0.25, 0.3) is 0 Å². The number of benzene rings is 1. The van der Waals surface area contributed by atoms with Crippen LogP contribution < -0.4 is 5.32 Å². The van der Waals surface area contributed by atoms with E-state index in [1.807, 2.05) is 0 Å². The van der Waals surface area contributed by atoms with E-state index in [0.29, 0.717) is 24.6 Å². The summed E-state index contributed by atoms with van der Waals surface area (Å²) in [5, 5.41) is 11.5. The molecule has 2 aromatic rings. The summed E-state index contributed by atoms with van der Waals surface area (Å²) in [6, 6.07) is 6.82. The molecule has 8 nitrogen and oxygen atoms in total. The Hall–Kier alpha value is -2.26. The molecule has 0 saturated heterocycles. The molecule has 2 aliphatic rings. The molecule has 0 aliphatic carbocycles. The van der Waals surface area contributed by atoms with Gasteiger partial charge >= 0.3 is 0 Å². The molecular weight excluding hydrogens is 328 g/mol. The standard InChI is InChI=1S/C15H18N6O2S/c1-2-14-17-18-15-10-20(7-8-21(14)15)9-13-16-11-5-3-4-6-12(11)24(22,23)19-13/h3-6H,2,7-10H2,1H3,(H,16,19). The number of rotatable bonds is 3. The number of hydrogen-bond donors (Lipinski definition) is 1. The fourth-order valence-corrected chi connectivity index (χ4v) is 4.25. The molecule has 24 heavy (non-hydrogen) atoms. The Bertz CT molecular complexity index is 918. The number of aryl methyl sites for hydroxylation is 1. The molecule has 0 fully saturated rings. The first-order valence-electron chi connectivity index (χ1n) is 7.90. The van der Waals surface area contributed by atoms with Crippen LogP contribution in [0.15, 0.2) is 33.6 Å². The normalized spacial score (nSPS) is 19.1.